The molecular weight excluding hydrogens is 592 g/mol. The maximum absolute atomic E-state index is 13.6. The molecule has 0 amide bonds. The van der Waals surface area contributed by atoms with Crippen molar-refractivity contribution in [2.24, 2.45) is 4.99 Å². The van der Waals surface area contributed by atoms with Crippen molar-refractivity contribution in [3.63, 3.8) is 0 Å². The predicted molar refractivity (Wildman–Crippen MR) is 199 cm³/mol. The van der Waals surface area contributed by atoms with Gasteiger partial charge in [-0.3, -0.25) is 9.36 Å². The molecule has 0 radical (unpaired) electrons. The molecule has 0 saturated heterocycles. The first kappa shape index (κ1) is 29.5. The number of benzene rings is 5. The lowest BCUT2D eigenvalue weighted by Gasteiger charge is -2.25. The lowest BCUT2D eigenvalue weighted by molar-refractivity contribution is -0.555. The molecule has 0 unspecified atom stereocenters. The van der Waals surface area contributed by atoms with Crippen LogP contribution in [0.2, 0.25) is 0 Å². The van der Waals surface area contributed by atoms with Gasteiger partial charge in [0, 0.05) is 75.5 Å². The van der Waals surface area contributed by atoms with Crippen molar-refractivity contribution in [3.05, 3.63) is 137 Å². The second-order valence-electron chi connectivity index (χ2n) is 13.0. The van der Waals surface area contributed by atoms with Crippen molar-refractivity contribution >= 4 is 39.5 Å². The lowest BCUT2D eigenvalue weighted by atomic mass is 9.97. The average Bonchev–Trinajstić information content (AvgIpc) is 3.09. The Morgan fingerprint density at radius 2 is 1.54 bits per heavy atom. The summed E-state index contributed by atoms with van der Waals surface area (Å²) < 4.78 is 4.50. The Labute approximate surface area is 280 Å². The largest absolute Gasteiger partial charge is 0.377 e. The highest BCUT2D eigenvalue weighted by Crippen LogP contribution is 2.41. The number of nitrogens with one attached hydrogen (secondary N) is 1. The summed E-state index contributed by atoms with van der Waals surface area (Å²) in [4.78, 5) is 22.7. The zero-order valence-corrected chi connectivity index (χ0v) is 27.8. The van der Waals surface area contributed by atoms with Gasteiger partial charge in [-0.05, 0) is 55.3 Å². The van der Waals surface area contributed by atoms with Gasteiger partial charge in [0.1, 0.15) is 11.2 Å². The van der Waals surface area contributed by atoms with Gasteiger partial charge in [-0.15, -0.1) is 4.57 Å². The number of hydrogen-bond donors (Lipinski definition) is 1. The van der Waals surface area contributed by atoms with Crippen LogP contribution in [0.15, 0.2) is 136 Å². The van der Waals surface area contributed by atoms with Gasteiger partial charge in [-0.25, -0.2) is 4.99 Å². The monoisotopic (exact) mass is 629 g/mol. The predicted octanol–water partition coefficient (Wildman–Crippen LogP) is 7.90. The molecule has 0 spiro atoms. The van der Waals surface area contributed by atoms with Crippen LogP contribution in [0.25, 0.3) is 44.9 Å². The van der Waals surface area contributed by atoms with Gasteiger partial charge in [0.15, 0.2) is 0 Å². The maximum atomic E-state index is 13.6. The molecule has 2 heterocycles. The number of nitrogens with zero attached hydrogens (tertiary/aromatic N) is 5. The van der Waals surface area contributed by atoms with E-state index in [0.717, 1.165) is 79.8 Å². The molecule has 2 aliphatic carbocycles. The fourth-order valence-corrected chi connectivity index (χ4v) is 6.87. The number of fused-ring (bicyclic) bond motifs is 4. The van der Waals surface area contributed by atoms with E-state index in [1.54, 1.807) is 6.07 Å². The Morgan fingerprint density at radius 3 is 2.27 bits per heavy atom. The van der Waals surface area contributed by atoms with Gasteiger partial charge in [0.25, 0.3) is 0 Å². The number of allylic oxidation sites excluding steroid dienone is 3. The van der Waals surface area contributed by atoms with E-state index in [0.29, 0.717) is 5.69 Å². The summed E-state index contributed by atoms with van der Waals surface area (Å²) in [6.45, 7) is 2.15. The van der Waals surface area contributed by atoms with Crippen LogP contribution in [0.3, 0.4) is 0 Å². The van der Waals surface area contributed by atoms with Gasteiger partial charge < -0.3 is 15.1 Å². The molecule has 4 aliphatic rings. The van der Waals surface area contributed by atoms with E-state index in [1.165, 1.54) is 5.57 Å². The summed E-state index contributed by atoms with van der Waals surface area (Å²) in [5, 5.41) is 3.60. The molecule has 0 bridgehead atoms. The molecule has 0 atom stereocenters. The number of anilines is 3. The third kappa shape index (κ3) is 4.86. The second-order valence-corrected chi connectivity index (χ2v) is 13.0. The van der Waals surface area contributed by atoms with Crippen molar-refractivity contribution in [1.82, 2.24) is 4.57 Å². The Balaban J connectivity index is 1.49. The smallest absolute Gasteiger partial charge is 0.238 e. The zero-order chi connectivity index (χ0) is 33.1. The Kier molecular flexibility index (Phi) is 6.99. The van der Waals surface area contributed by atoms with E-state index >= 15 is 0 Å². The van der Waals surface area contributed by atoms with E-state index < -0.39 is 0 Å². The van der Waals surface area contributed by atoms with Gasteiger partial charge in [0.2, 0.25) is 22.3 Å². The Hall–Kier alpha value is -5.95. The highest BCUT2D eigenvalue weighted by molar-refractivity contribution is 6.15. The topological polar surface area (TPSA) is 56.8 Å². The molecule has 7 nitrogen and oxygen atoms in total. The van der Waals surface area contributed by atoms with Crippen LogP contribution in [0.5, 0.6) is 0 Å². The minimum Gasteiger partial charge on any atom is -0.377 e. The van der Waals surface area contributed by atoms with E-state index in [-0.39, 0.29) is 5.43 Å². The summed E-state index contributed by atoms with van der Waals surface area (Å²) in [5.41, 5.74) is 14.9. The van der Waals surface area contributed by atoms with E-state index in [4.69, 9.17) is 4.99 Å². The number of rotatable bonds is 5. The maximum Gasteiger partial charge on any atom is 0.238 e. The third-order valence-corrected chi connectivity index (χ3v) is 9.21. The van der Waals surface area contributed by atoms with Gasteiger partial charge >= 0.3 is 0 Å². The van der Waals surface area contributed by atoms with Crippen molar-refractivity contribution in [1.29, 1.82) is 0 Å². The Morgan fingerprint density at radius 1 is 0.812 bits per heavy atom. The van der Waals surface area contributed by atoms with Crippen LogP contribution >= 0.6 is 0 Å². The van der Waals surface area contributed by atoms with Crippen molar-refractivity contribution in [2.45, 2.75) is 13.3 Å². The van der Waals surface area contributed by atoms with Gasteiger partial charge in [0.05, 0.1) is 28.5 Å². The van der Waals surface area contributed by atoms with E-state index in [2.05, 4.69) is 119 Å². The van der Waals surface area contributed by atoms with E-state index in [1.807, 2.05) is 49.3 Å². The van der Waals surface area contributed by atoms with Gasteiger partial charge in [-0.1, -0.05) is 54.1 Å². The minimum absolute atomic E-state index is 0.0223. The molecule has 236 valence electrons. The molecule has 4 aromatic carbocycles. The van der Waals surface area contributed by atoms with Crippen LogP contribution in [-0.4, -0.2) is 38.5 Å². The molecule has 2 aliphatic heterocycles. The molecule has 48 heavy (non-hydrogen) atoms. The highest BCUT2D eigenvalue weighted by Gasteiger charge is 2.31. The van der Waals surface area contributed by atoms with E-state index in [9.17, 15) is 4.79 Å². The van der Waals surface area contributed by atoms with Crippen LogP contribution in [0, 0.1) is 0 Å². The Bertz CT molecular complexity index is 2370. The average molecular weight is 630 g/mol. The second kappa shape index (κ2) is 11.4. The van der Waals surface area contributed by atoms with Crippen molar-refractivity contribution < 1.29 is 4.57 Å². The molecule has 8 rings (SSSR count). The summed E-state index contributed by atoms with van der Waals surface area (Å²) in [5.74, 6) is 0. The quantitative estimate of drug-likeness (QED) is 0.156. The zero-order valence-electron chi connectivity index (χ0n) is 27.8. The summed E-state index contributed by atoms with van der Waals surface area (Å²) in [6.07, 6.45) is 5.32. The number of para-hydroxylation sites is 2. The number of aliphatic imine (C=N–C) groups is 1. The summed E-state index contributed by atoms with van der Waals surface area (Å²) in [7, 11) is 7.99. The highest BCUT2D eigenvalue weighted by atomic mass is 16.1. The first-order valence-corrected chi connectivity index (χ1v) is 16.2. The number of aromatic nitrogens is 2. The molecule has 0 fully saturated rings. The lowest BCUT2D eigenvalue weighted by Crippen LogP contribution is -2.38. The van der Waals surface area contributed by atoms with Crippen LogP contribution in [0.1, 0.15) is 13.3 Å². The first-order valence-electron chi connectivity index (χ1n) is 16.2. The molecule has 1 N–H and O–H groups in total. The summed E-state index contributed by atoms with van der Waals surface area (Å²) >= 11 is 0. The van der Waals surface area contributed by atoms with Crippen LogP contribution in [0.4, 0.5) is 22.7 Å². The normalized spacial score (nSPS) is 13.6. The third-order valence-electron chi connectivity index (χ3n) is 9.21. The first-order chi connectivity index (χ1) is 23.3. The number of hydrogen-bond acceptors (Lipinski definition) is 5. The van der Waals surface area contributed by atoms with Crippen molar-refractivity contribution in [3.8, 4) is 33.9 Å². The fourth-order valence-electron chi connectivity index (χ4n) is 6.87. The minimum atomic E-state index is -0.0223. The molecular formula is C41H37N6O+. The fraction of sp³-hybridized carbons (Fsp3) is 0.146. The van der Waals surface area contributed by atoms with Crippen LogP contribution < -0.4 is 25.1 Å². The molecule has 0 saturated carbocycles. The summed E-state index contributed by atoms with van der Waals surface area (Å²) in [6, 6.07) is 35.5. The molecule has 4 aromatic rings. The van der Waals surface area contributed by atoms with Gasteiger partial charge in [-0.2, -0.15) is 0 Å². The standard InChI is InChI=1S/C41H36N6O/c1-26-16-18-31-33(20-26)43-34-21-27(17-19-32(34)42-31)30-22-36-37(23-35(30)44(2)3)47(29-14-10-7-11-15-29)39-25-41(48)40(45(4)5)24-38(39)46(36)28-12-8-6-9-13-28/h6-15,17-25H,16H2,1-5H3/p+1. The molecule has 0 aromatic heterocycles. The van der Waals surface area contributed by atoms with Crippen LogP contribution in [-0.2, 0) is 0 Å². The molecule has 7 heteroatoms. The van der Waals surface area contributed by atoms with Crippen molar-refractivity contribution in [2.75, 3.05) is 43.3 Å². The SMILES string of the molecule is CC1=CC2=Nc3cc(-c4cc5c(cc4N(C)C)n(-c4ccccc4)c4cc(=O)c(N(C)C)cc-4[n+]5-c4ccccc4)ccc3NC2=CC1.